The molecule has 1 N–H and O–H groups in total. The molecule has 4 rings (SSSR count). The number of rotatable bonds is 7. The van der Waals surface area contributed by atoms with Gasteiger partial charge in [-0.1, -0.05) is 24.3 Å². The minimum Gasteiger partial charge on any atom is -0.488 e. The summed E-state index contributed by atoms with van der Waals surface area (Å²) in [5, 5.41) is 1.55. The quantitative estimate of drug-likeness (QED) is 0.417. The fraction of sp³-hybridized carbons (Fsp3) is 0.250. The first-order valence-corrected chi connectivity index (χ1v) is 9.98. The molecule has 0 unspecified atom stereocenters. The van der Waals surface area contributed by atoms with E-state index in [1.165, 1.54) is 6.07 Å². The Labute approximate surface area is 179 Å². The zero-order valence-electron chi connectivity index (χ0n) is 17.6. The molecule has 6 nitrogen and oxygen atoms in total. The maximum Gasteiger partial charge on any atom is 0.357 e. The van der Waals surface area contributed by atoms with Gasteiger partial charge in [-0.3, -0.25) is 0 Å². The third kappa shape index (κ3) is 4.09. The van der Waals surface area contributed by atoms with Crippen molar-refractivity contribution in [2.75, 3.05) is 7.11 Å². The molecule has 31 heavy (non-hydrogen) atoms. The number of carbonyl (C=O) groups is 1. The lowest BCUT2D eigenvalue weighted by atomic mass is 10.0. The number of ether oxygens (including phenoxy) is 3. The second kappa shape index (κ2) is 8.73. The molecule has 0 bridgehead atoms. The molecule has 0 atom stereocenters. The van der Waals surface area contributed by atoms with Crippen molar-refractivity contribution in [2.24, 2.45) is 0 Å². The normalized spacial score (nSPS) is 11.4. The van der Waals surface area contributed by atoms with Crippen LogP contribution in [0.2, 0.25) is 0 Å². The zero-order chi connectivity index (χ0) is 22.0. The molecule has 2 heterocycles. The van der Waals surface area contributed by atoms with Crippen molar-refractivity contribution in [1.29, 1.82) is 0 Å². The minimum atomic E-state index is -0.511. The van der Waals surface area contributed by atoms with Gasteiger partial charge in [-0.15, -0.1) is 0 Å². The predicted octanol–water partition coefficient (Wildman–Crippen LogP) is 5.15. The number of nitrogens with one attached hydrogen (secondary N) is 1. The molecular weight excluding hydrogens is 399 g/mol. The van der Waals surface area contributed by atoms with Gasteiger partial charge in [0, 0.05) is 29.0 Å². The summed E-state index contributed by atoms with van der Waals surface area (Å²) >= 11 is 0. The Morgan fingerprint density at radius 2 is 1.87 bits per heavy atom. The van der Waals surface area contributed by atoms with E-state index in [0.717, 1.165) is 21.8 Å². The lowest BCUT2D eigenvalue weighted by Crippen LogP contribution is -2.15. The maximum atomic E-state index is 14.0. The Morgan fingerprint density at radius 1 is 1.06 bits per heavy atom. The number of aromatic amines is 1. The highest BCUT2D eigenvalue weighted by molar-refractivity contribution is 6.13. The van der Waals surface area contributed by atoms with Gasteiger partial charge in [0.05, 0.1) is 29.9 Å². The number of hydrogen-bond acceptors (Lipinski definition) is 5. The second-order valence-corrected chi connectivity index (χ2v) is 7.44. The number of hydrogen-bond donors (Lipinski definition) is 1. The Bertz CT molecular complexity index is 1250. The van der Waals surface area contributed by atoms with E-state index in [-0.39, 0.29) is 30.8 Å². The van der Waals surface area contributed by atoms with Crippen molar-refractivity contribution in [3.63, 3.8) is 0 Å². The smallest absolute Gasteiger partial charge is 0.357 e. The van der Waals surface area contributed by atoms with E-state index in [4.69, 9.17) is 14.2 Å². The standard InChI is InChI=1S/C24H23FN2O4/c1-14(2)31-24(28)23-16(13-29-3)21-19(11-26-23)27-18-9-6-10-20(22(18)21)30-12-15-7-4-5-8-17(15)25/h4-11,14,27H,12-13H2,1-3H3. The summed E-state index contributed by atoms with van der Waals surface area (Å²) in [4.78, 5) is 20.3. The Morgan fingerprint density at radius 3 is 2.61 bits per heavy atom. The highest BCUT2D eigenvalue weighted by Crippen LogP contribution is 2.36. The third-order valence-corrected chi connectivity index (χ3v) is 4.89. The number of fused-ring (bicyclic) bond motifs is 3. The topological polar surface area (TPSA) is 73.4 Å². The van der Waals surface area contributed by atoms with E-state index < -0.39 is 5.97 Å². The second-order valence-electron chi connectivity index (χ2n) is 7.44. The number of halogens is 1. The van der Waals surface area contributed by atoms with Crippen molar-refractivity contribution in [3.8, 4) is 5.75 Å². The predicted molar refractivity (Wildman–Crippen MR) is 116 cm³/mol. The molecule has 0 saturated carbocycles. The summed E-state index contributed by atoms with van der Waals surface area (Å²) in [6.45, 7) is 3.81. The van der Waals surface area contributed by atoms with Gasteiger partial charge in [0.15, 0.2) is 5.69 Å². The van der Waals surface area contributed by atoms with E-state index in [2.05, 4.69) is 9.97 Å². The van der Waals surface area contributed by atoms with Crippen LogP contribution >= 0.6 is 0 Å². The van der Waals surface area contributed by atoms with E-state index in [1.54, 1.807) is 45.4 Å². The van der Waals surface area contributed by atoms with Crippen molar-refractivity contribution in [3.05, 3.63) is 71.3 Å². The average Bonchev–Trinajstić information content (AvgIpc) is 3.12. The molecule has 4 aromatic rings. The molecule has 160 valence electrons. The number of pyridine rings is 1. The van der Waals surface area contributed by atoms with Crippen LogP contribution in [0.1, 0.15) is 35.5 Å². The van der Waals surface area contributed by atoms with Gasteiger partial charge in [-0.2, -0.15) is 0 Å². The van der Waals surface area contributed by atoms with Crippen LogP contribution in [-0.4, -0.2) is 29.2 Å². The summed E-state index contributed by atoms with van der Waals surface area (Å²) in [6.07, 6.45) is 1.33. The van der Waals surface area contributed by atoms with Crippen molar-refractivity contribution >= 4 is 27.8 Å². The number of nitrogens with zero attached hydrogens (tertiary/aromatic N) is 1. The zero-order valence-corrected chi connectivity index (χ0v) is 17.6. The van der Waals surface area contributed by atoms with Gasteiger partial charge in [0.2, 0.25) is 0 Å². The van der Waals surface area contributed by atoms with Gasteiger partial charge in [-0.25, -0.2) is 14.2 Å². The summed E-state index contributed by atoms with van der Waals surface area (Å²) in [6, 6.07) is 12.1. The first kappa shape index (κ1) is 20.8. The van der Waals surface area contributed by atoms with Crippen LogP contribution in [0.4, 0.5) is 4.39 Å². The summed E-state index contributed by atoms with van der Waals surface area (Å²) in [7, 11) is 1.56. The molecule has 7 heteroatoms. The van der Waals surface area contributed by atoms with Crippen LogP contribution < -0.4 is 4.74 Å². The SMILES string of the molecule is COCc1c(C(=O)OC(C)C)ncc2[nH]c3cccc(OCc4ccccc4F)c3c12. The summed E-state index contributed by atoms with van der Waals surface area (Å²) in [5.41, 5.74) is 2.82. The molecule has 2 aromatic carbocycles. The van der Waals surface area contributed by atoms with Crippen molar-refractivity contribution in [2.45, 2.75) is 33.2 Å². The summed E-state index contributed by atoms with van der Waals surface area (Å²) in [5.74, 6) is -0.265. The number of benzene rings is 2. The van der Waals surface area contributed by atoms with E-state index >= 15 is 0 Å². The highest BCUT2D eigenvalue weighted by atomic mass is 19.1. The van der Waals surface area contributed by atoms with Crippen LogP contribution in [0.3, 0.4) is 0 Å². The first-order chi connectivity index (χ1) is 15.0. The average molecular weight is 422 g/mol. The molecule has 0 radical (unpaired) electrons. The molecule has 0 amide bonds. The Hall–Kier alpha value is -3.45. The van der Waals surface area contributed by atoms with Crippen LogP contribution in [0.5, 0.6) is 5.75 Å². The molecule has 0 fully saturated rings. The number of carbonyl (C=O) groups excluding carboxylic acids is 1. The first-order valence-electron chi connectivity index (χ1n) is 9.98. The fourth-order valence-corrected chi connectivity index (χ4v) is 3.59. The number of methoxy groups -OCH3 is 1. The van der Waals surface area contributed by atoms with E-state index in [0.29, 0.717) is 16.9 Å². The highest BCUT2D eigenvalue weighted by Gasteiger charge is 2.22. The molecule has 0 aliphatic rings. The Kier molecular flexibility index (Phi) is 5.86. The molecule has 0 spiro atoms. The molecule has 0 aliphatic heterocycles. The van der Waals surface area contributed by atoms with Crippen LogP contribution in [-0.2, 0) is 22.7 Å². The van der Waals surface area contributed by atoms with Gasteiger partial charge in [0.25, 0.3) is 0 Å². The lowest BCUT2D eigenvalue weighted by molar-refractivity contribution is 0.0366. The summed E-state index contributed by atoms with van der Waals surface area (Å²) < 4.78 is 30.8. The van der Waals surface area contributed by atoms with E-state index in [1.807, 2.05) is 18.2 Å². The van der Waals surface area contributed by atoms with Gasteiger partial charge in [0.1, 0.15) is 18.2 Å². The van der Waals surface area contributed by atoms with Crippen LogP contribution in [0.25, 0.3) is 21.8 Å². The minimum absolute atomic E-state index is 0.0748. The van der Waals surface area contributed by atoms with Gasteiger partial charge >= 0.3 is 5.97 Å². The van der Waals surface area contributed by atoms with Crippen molar-refractivity contribution in [1.82, 2.24) is 9.97 Å². The molecular formula is C24H23FN2O4. The van der Waals surface area contributed by atoms with Gasteiger partial charge < -0.3 is 19.2 Å². The number of esters is 1. The number of H-pyrrole nitrogens is 1. The molecule has 0 saturated heterocycles. The fourth-order valence-electron chi connectivity index (χ4n) is 3.59. The third-order valence-electron chi connectivity index (χ3n) is 4.89. The van der Waals surface area contributed by atoms with Crippen molar-refractivity contribution < 1.29 is 23.4 Å². The Balaban J connectivity index is 1.85. The van der Waals surface area contributed by atoms with Crippen LogP contribution in [0.15, 0.2) is 48.7 Å². The monoisotopic (exact) mass is 422 g/mol. The lowest BCUT2D eigenvalue weighted by Gasteiger charge is -2.13. The van der Waals surface area contributed by atoms with Gasteiger partial charge in [-0.05, 0) is 32.0 Å². The van der Waals surface area contributed by atoms with E-state index in [9.17, 15) is 9.18 Å². The largest absolute Gasteiger partial charge is 0.488 e. The number of aromatic nitrogens is 2. The molecule has 2 aromatic heterocycles. The maximum absolute atomic E-state index is 14.0. The van der Waals surface area contributed by atoms with Crippen LogP contribution in [0, 0.1) is 5.82 Å². The molecule has 0 aliphatic carbocycles.